The Balaban J connectivity index is 1.55. The predicted molar refractivity (Wildman–Crippen MR) is 111 cm³/mol. The summed E-state index contributed by atoms with van der Waals surface area (Å²) >= 11 is 0. The van der Waals surface area contributed by atoms with Crippen LogP contribution in [0, 0.1) is 0 Å². The van der Waals surface area contributed by atoms with Gasteiger partial charge in [-0.25, -0.2) is 0 Å². The Morgan fingerprint density at radius 2 is 1.83 bits per heavy atom. The third-order valence-electron chi connectivity index (χ3n) is 6.13. The number of fused-ring (bicyclic) bond motifs is 1. The molecule has 1 atom stereocenters. The number of hydrogen-bond donors (Lipinski definition) is 1. The summed E-state index contributed by atoms with van der Waals surface area (Å²) in [5.74, 6) is -0.687. The smallest absolute Gasteiger partial charge is 0.374 e. The lowest BCUT2D eigenvalue weighted by molar-refractivity contribution is -0.137. The van der Waals surface area contributed by atoms with Crippen molar-refractivity contribution in [3.63, 3.8) is 0 Å². The highest BCUT2D eigenvalue weighted by Gasteiger charge is 2.35. The van der Waals surface area contributed by atoms with E-state index in [2.05, 4.69) is 40.4 Å². The van der Waals surface area contributed by atoms with E-state index < -0.39 is 17.6 Å². The molecule has 30 heavy (non-hydrogen) atoms. The van der Waals surface area contributed by atoms with Gasteiger partial charge < -0.3 is 10.2 Å². The van der Waals surface area contributed by atoms with E-state index in [1.165, 1.54) is 29.4 Å². The molecule has 2 aromatic rings. The summed E-state index contributed by atoms with van der Waals surface area (Å²) in [6, 6.07) is 11.3. The second kappa shape index (κ2) is 8.30. The van der Waals surface area contributed by atoms with Crippen molar-refractivity contribution >= 4 is 11.6 Å². The Morgan fingerprint density at radius 1 is 1.10 bits per heavy atom. The Bertz CT molecular complexity index is 922. The van der Waals surface area contributed by atoms with E-state index in [-0.39, 0.29) is 18.2 Å². The number of carbonyl (C=O) groups is 1. The van der Waals surface area contributed by atoms with E-state index in [9.17, 15) is 18.0 Å². The summed E-state index contributed by atoms with van der Waals surface area (Å²) in [6.07, 6.45) is -1.39. The van der Waals surface area contributed by atoms with E-state index in [0.717, 1.165) is 50.5 Å². The van der Waals surface area contributed by atoms with Gasteiger partial charge in [0.15, 0.2) is 0 Å². The van der Waals surface area contributed by atoms with Crippen LogP contribution >= 0.6 is 0 Å². The van der Waals surface area contributed by atoms with Crippen molar-refractivity contribution in [1.29, 1.82) is 0 Å². The molecular formula is C23H26F3N3O. The molecule has 0 bridgehead atoms. The SMILES string of the molecule is CN1CCc2cc([C@H](CNC(=O)c3ccccc3C(F)(F)F)N3CCCC3)ccc21. The third-order valence-corrected chi connectivity index (χ3v) is 6.13. The number of hydrogen-bond acceptors (Lipinski definition) is 3. The number of likely N-dealkylation sites (tertiary alicyclic amines) is 1. The maximum Gasteiger partial charge on any atom is 0.417 e. The molecule has 160 valence electrons. The number of halogens is 3. The second-order valence-electron chi connectivity index (χ2n) is 8.07. The Morgan fingerprint density at radius 3 is 2.57 bits per heavy atom. The first-order valence-electron chi connectivity index (χ1n) is 10.4. The number of rotatable bonds is 5. The molecule has 0 aliphatic carbocycles. The number of amides is 1. The molecule has 4 rings (SSSR count). The summed E-state index contributed by atoms with van der Waals surface area (Å²) in [5, 5.41) is 2.77. The van der Waals surface area contributed by atoms with Crippen LogP contribution in [0.5, 0.6) is 0 Å². The molecule has 4 nitrogen and oxygen atoms in total. The lowest BCUT2D eigenvalue weighted by Gasteiger charge is -2.29. The number of nitrogens with one attached hydrogen (secondary N) is 1. The van der Waals surface area contributed by atoms with E-state index in [0.29, 0.717) is 0 Å². The van der Waals surface area contributed by atoms with Crippen LogP contribution in [0.4, 0.5) is 18.9 Å². The zero-order valence-electron chi connectivity index (χ0n) is 17.0. The van der Waals surface area contributed by atoms with Gasteiger partial charge in [0, 0.05) is 25.8 Å². The molecule has 2 aliphatic rings. The molecule has 1 N–H and O–H groups in total. The normalized spacial score (nSPS) is 17.8. The molecular weight excluding hydrogens is 391 g/mol. The Labute approximate surface area is 174 Å². The molecule has 0 unspecified atom stereocenters. The minimum atomic E-state index is -4.56. The average Bonchev–Trinajstić information content (AvgIpc) is 3.38. The first-order chi connectivity index (χ1) is 14.3. The van der Waals surface area contributed by atoms with Crippen LogP contribution in [-0.2, 0) is 12.6 Å². The molecule has 0 radical (unpaired) electrons. The number of alkyl halides is 3. The molecule has 1 saturated heterocycles. The van der Waals surface area contributed by atoms with Crippen molar-refractivity contribution in [2.45, 2.75) is 31.5 Å². The number of anilines is 1. The lowest BCUT2D eigenvalue weighted by Crippen LogP contribution is -2.37. The van der Waals surface area contributed by atoms with Crippen LogP contribution in [0.15, 0.2) is 42.5 Å². The highest BCUT2D eigenvalue weighted by molar-refractivity contribution is 5.95. The molecule has 0 saturated carbocycles. The van der Waals surface area contributed by atoms with Gasteiger partial charge in [-0.15, -0.1) is 0 Å². The zero-order chi connectivity index (χ0) is 21.3. The van der Waals surface area contributed by atoms with E-state index in [1.807, 2.05) is 0 Å². The highest BCUT2D eigenvalue weighted by Crippen LogP contribution is 2.33. The third kappa shape index (κ3) is 4.17. The van der Waals surface area contributed by atoms with Gasteiger partial charge in [-0.1, -0.05) is 24.3 Å². The molecule has 7 heteroatoms. The topological polar surface area (TPSA) is 35.6 Å². The molecule has 2 aliphatic heterocycles. The average molecular weight is 417 g/mol. The maximum absolute atomic E-state index is 13.3. The fraction of sp³-hybridized carbons (Fsp3) is 0.435. The molecule has 0 aromatic heterocycles. The van der Waals surface area contributed by atoms with Gasteiger partial charge in [0.05, 0.1) is 17.2 Å². The number of carbonyl (C=O) groups excluding carboxylic acids is 1. The van der Waals surface area contributed by atoms with Crippen molar-refractivity contribution in [3.05, 3.63) is 64.7 Å². The van der Waals surface area contributed by atoms with Crippen molar-refractivity contribution in [3.8, 4) is 0 Å². The minimum Gasteiger partial charge on any atom is -0.374 e. The molecule has 2 aromatic carbocycles. The monoisotopic (exact) mass is 417 g/mol. The van der Waals surface area contributed by atoms with Gasteiger partial charge in [0.2, 0.25) is 0 Å². The first-order valence-corrected chi connectivity index (χ1v) is 10.4. The Hall–Kier alpha value is -2.54. The van der Waals surface area contributed by atoms with Crippen LogP contribution in [-0.4, -0.2) is 44.0 Å². The number of benzene rings is 2. The van der Waals surface area contributed by atoms with Gasteiger partial charge in [0.25, 0.3) is 5.91 Å². The molecule has 1 fully saturated rings. The van der Waals surface area contributed by atoms with Crippen LogP contribution < -0.4 is 10.2 Å². The standard InChI is InChI=1S/C23H26F3N3O/c1-28-13-10-17-14-16(8-9-20(17)28)21(29-11-4-5-12-29)15-27-22(30)18-6-2-3-7-19(18)23(24,25)26/h2-3,6-9,14,21H,4-5,10-13,15H2,1H3,(H,27,30)/t21-/m0/s1. The largest absolute Gasteiger partial charge is 0.417 e. The van der Waals surface area contributed by atoms with Gasteiger partial charge in [-0.2, -0.15) is 13.2 Å². The van der Waals surface area contributed by atoms with Gasteiger partial charge in [-0.3, -0.25) is 9.69 Å². The summed E-state index contributed by atoms with van der Waals surface area (Å²) < 4.78 is 39.9. The van der Waals surface area contributed by atoms with E-state index in [1.54, 1.807) is 0 Å². The molecule has 0 spiro atoms. The number of likely N-dealkylation sites (N-methyl/N-ethyl adjacent to an activating group) is 1. The first kappa shape index (κ1) is 20.7. The quantitative estimate of drug-likeness (QED) is 0.790. The van der Waals surface area contributed by atoms with Gasteiger partial charge >= 0.3 is 6.18 Å². The van der Waals surface area contributed by atoms with Gasteiger partial charge in [0.1, 0.15) is 0 Å². The fourth-order valence-corrected chi connectivity index (χ4v) is 4.52. The van der Waals surface area contributed by atoms with E-state index in [4.69, 9.17) is 0 Å². The van der Waals surface area contributed by atoms with Crippen molar-refractivity contribution in [1.82, 2.24) is 10.2 Å². The van der Waals surface area contributed by atoms with Crippen molar-refractivity contribution in [2.24, 2.45) is 0 Å². The predicted octanol–water partition coefficient (Wildman–Crippen LogP) is 4.26. The molecule has 1 amide bonds. The maximum atomic E-state index is 13.3. The Kier molecular flexibility index (Phi) is 5.73. The van der Waals surface area contributed by atoms with Crippen molar-refractivity contribution < 1.29 is 18.0 Å². The van der Waals surface area contributed by atoms with Crippen LogP contribution in [0.1, 0.15) is 45.9 Å². The summed E-state index contributed by atoms with van der Waals surface area (Å²) in [5.41, 5.74) is 2.38. The summed E-state index contributed by atoms with van der Waals surface area (Å²) in [4.78, 5) is 17.2. The lowest BCUT2D eigenvalue weighted by atomic mass is 10.0. The fourth-order valence-electron chi connectivity index (χ4n) is 4.52. The highest BCUT2D eigenvalue weighted by atomic mass is 19.4. The van der Waals surface area contributed by atoms with Crippen molar-refractivity contribution in [2.75, 3.05) is 38.1 Å². The van der Waals surface area contributed by atoms with Gasteiger partial charge in [-0.05, 0) is 61.7 Å². The van der Waals surface area contributed by atoms with Crippen LogP contribution in [0.25, 0.3) is 0 Å². The zero-order valence-corrected chi connectivity index (χ0v) is 17.0. The van der Waals surface area contributed by atoms with Crippen LogP contribution in [0.2, 0.25) is 0 Å². The molecule has 2 heterocycles. The minimum absolute atomic E-state index is 0.0503. The van der Waals surface area contributed by atoms with E-state index >= 15 is 0 Å². The van der Waals surface area contributed by atoms with Crippen LogP contribution in [0.3, 0.4) is 0 Å². The summed E-state index contributed by atoms with van der Waals surface area (Å²) in [7, 11) is 2.07. The second-order valence-corrected chi connectivity index (χ2v) is 8.07. The summed E-state index contributed by atoms with van der Waals surface area (Å²) in [6.45, 7) is 3.12. The number of nitrogens with zero attached hydrogens (tertiary/aromatic N) is 2.